The Morgan fingerprint density at radius 3 is 2.75 bits per heavy atom. The van der Waals surface area contributed by atoms with Gasteiger partial charge in [0.25, 0.3) is 0 Å². The van der Waals surface area contributed by atoms with E-state index < -0.39 is 0 Å². The highest BCUT2D eigenvalue weighted by Crippen LogP contribution is 2.50. The highest BCUT2D eigenvalue weighted by atomic mass is 79.9. The van der Waals surface area contributed by atoms with Crippen LogP contribution in [0.4, 0.5) is 5.69 Å². The van der Waals surface area contributed by atoms with E-state index in [0.717, 1.165) is 16.6 Å². The van der Waals surface area contributed by atoms with Crippen LogP contribution < -0.4 is 5.32 Å². The van der Waals surface area contributed by atoms with E-state index in [-0.39, 0.29) is 12.0 Å². The zero-order chi connectivity index (χ0) is 16.7. The lowest BCUT2D eigenvalue weighted by molar-refractivity contribution is 0.0600. The summed E-state index contributed by atoms with van der Waals surface area (Å²) < 4.78 is 5.95. The minimum atomic E-state index is -0.286. The molecule has 0 unspecified atom stereocenters. The summed E-state index contributed by atoms with van der Waals surface area (Å²) in [4.78, 5) is 11.8. The number of hydrogen-bond acceptors (Lipinski definition) is 3. The van der Waals surface area contributed by atoms with Crippen molar-refractivity contribution < 1.29 is 9.53 Å². The van der Waals surface area contributed by atoms with E-state index in [1.807, 2.05) is 18.2 Å². The summed E-state index contributed by atoms with van der Waals surface area (Å²) in [6.07, 6.45) is 5.57. The molecule has 2 aromatic carbocycles. The van der Waals surface area contributed by atoms with E-state index in [1.165, 1.54) is 18.2 Å². The number of carbonyl (C=O) groups is 1. The first kappa shape index (κ1) is 15.5. The number of rotatable bonds is 2. The Morgan fingerprint density at radius 2 is 2.00 bits per heavy atom. The lowest BCUT2D eigenvalue weighted by Crippen LogP contribution is -2.29. The third kappa shape index (κ3) is 2.55. The van der Waals surface area contributed by atoms with Crippen molar-refractivity contribution in [3.63, 3.8) is 0 Å². The number of hydrogen-bond donors (Lipinski definition) is 1. The van der Waals surface area contributed by atoms with Crippen molar-refractivity contribution in [3.05, 3.63) is 75.8 Å². The first-order valence-corrected chi connectivity index (χ1v) is 8.87. The van der Waals surface area contributed by atoms with Crippen molar-refractivity contribution in [2.75, 3.05) is 12.4 Å². The zero-order valence-electron chi connectivity index (χ0n) is 13.3. The molecule has 122 valence electrons. The lowest BCUT2D eigenvalue weighted by atomic mass is 9.76. The van der Waals surface area contributed by atoms with E-state index in [1.54, 1.807) is 0 Å². The number of nitrogens with one attached hydrogen (secondary N) is 1. The molecule has 3 atom stereocenters. The van der Waals surface area contributed by atoms with Gasteiger partial charge in [-0.1, -0.05) is 40.2 Å². The maximum Gasteiger partial charge on any atom is 0.337 e. The van der Waals surface area contributed by atoms with Crippen LogP contribution in [-0.2, 0) is 4.74 Å². The highest BCUT2D eigenvalue weighted by molar-refractivity contribution is 9.10. The third-order valence-electron chi connectivity index (χ3n) is 5.01. The largest absolute Gasteiger partial charge is 0.465 e. The van der Waals surface area contributed by atoms with E-state index >= 15 is 0 Å². The Kier molecular flexibility index (Phi) is 3.93. The van der Waals surface area contributed by atoms with Gasteiger partial charge in [-0.2, -0.15) is 0 Å². The maximum absolute atomic E-state index is 11.8. The SMILES string of the molecule is COC(=O)c1ccc2c(c1)[C@@H]1C=CC[C@H]1[C@H](c1ccc(Br)cc1)N2. The molecule has 0 bridgehead atoms. The van der Waals surface area contributed by atoms with E-state index in [4.69, 9.17) is 4.74 Å². The molecule has 0 saturated carbocycles. The van der Waals surface area contributed by atoms with Crippen LogP contribution in [0.3, 0.4) is 0 Å². The second kappa shape index (κ2) is 6.10. The summed E-state index contributed by atoms with van der Waals surface area (Å²) in [5.74, 6) is 0.512. The minimum absolute atomic E-state index is 0.273. The molecular weight excluding hydrogens is 366 g/mol. The number of methoxy groups -OCH3 is 1. The van der Waals surface area contributed by atoms with Crippen LogP contribution in [0.5, 0.6) is 0 Å². The van der Waals surface area contributed by atoms with Crippen LogP contribution in [0, 0.1) is 5.92 Å². The second-order valence-corrected chi connectivity index (χ2v) is 7.24. The highest BCUT2D eigenvalue weighted by Gasteiger charge is 2.38. The van der Waals surface area contributed by atoms with Gasteiger partial charge in [0.1, 0.15) is 0 Å². The van der Waals surface area contributed by atoms with E-state index in [9.17, 15) is 4.79 Å². The second-order valence-electron chi connectivity index (χ2n) is 6.32. The number of carbonyl (C=O) groups excluding carboxylic acids is 1. The topological polar surface area (TPSA) is 38.3 Å². The van der Waals surface area contributed by atoms with Crippen LogP contribution in [0.2, 0.25) is 0 Å². The fourth-order valence-corrected chi connectivity index (χ4v) is 4.10. The average molecular weight is 384 g/mol. The van der Waals surface area contributed by atoms with Crippen LogP contribution in [0.1, 0.15) is 39.9 Å². The van der Waals surface area contributed by atoms with Gasteiger partial charge in [0, 0.05) is 16.1 Å². The van der Waals surface area contributed by atoms with Crippen LogP contribution in [0.15, 0.2) is 59.1 Å². The molecule has 0 fully saturated rings. The summed E-state index contributed by atoms with van der Waals surface area (Å²) in [6.45, 7) is 0. The van der Waals surface area contributed by atoms with Gasteiger partial charge in [-0.3, -0.25) is 0 Å². The van der Waals surface area contributed by atoms with Gasteiger partial charge < -0.3 is 10.1 Å². The molecule has 4 heteroatoms. The molecule has 2 aliphatic rings. The molecule has 0 aromatic heterocycles. The number of fused-ring (bicyclic) bond motifs is 3. The Morgan fingerprint density at radius 1 is 1.21 bits per heavy atom. The molecule has 1 aliphatic carbocycles. The predicted octanol–water partition coefficient (Wildman–Crippen LogP) is 5.06. The van der Waals surface area contributed by atoms with Crippen molar-refractivity contribution in [2.45, 2.75) is 18.4 Å². The van der Waals surface area contributed by atoms with Crippen molar-refractivity contribution >= 4 is 27.6 Å². The number of benzene rings is 2. The molecule has 0 spiro atoms. The molecule has 2 aromatic rings. The summed E-state index contributed by atoms with van der Waals surface area (Å²) in [6, 6.07) is 14.6. The fourth-order valence-electron chi connectivity index (χ4n) is 3.84. The number of allylic oxidation sites excluding steroid dienone is 2. The summed E-state index contributed by atoms with van der Waals surface area (Å²) in [7, 11) is 1.42. The molecule has 3 nitrogen and oxygen atoms in total. The predicted molar refractivity (Wildman–Crippen MR) is 98.3 cm³/mol. The normalized spacial score (nSPS) is 24.0. The van der Waals surface area contributed by atoms with Gasteiger partial charge in [-0.05, 0) is 53.8 Å². The van der Waals surface area contributed by atoms with Gasteiger partial charge in [-0.15, -0.1) is 0 Å². The van der Waals surface area contributed by atoms with Gasteiger partial charge in [0.2, 0.25) is 0 Å². The zero-order valence-corrected chi connectivity index (χ0v) is 14.9. The molecule has 1 aliphatic heterocycles. The molecule has 24 heavy (non-hydrogen) atoms. The molecule has 4 rings (SSSR count). The number of anilines is 1. The van der Waals surface area contributed by atoms with E-state index in [0.29, 0.717) is 17.4 Å². The first-order chi connectivity index (χ1) is 11.7. The lowest BCUT2D eigenvalue weighted by Gasteiger charge is -2.37. The van der Waals surface area contributed by atoms with Gasteiger partial charge in [0.05, 0.1) is 18.7 Å². The maximum atomic E-state index is 11.8. The quantitative estimate of drug-likeness (QED) is 0.581. The monoisotopic (exact) mass is 383 g/mol. The number of esters is 1. The average Bonchev–Trinajstić information content (AvgIpc) is 3.11. The van der Waals surface area contributed by atoms with Gasteiger partial charge in [-0.25, -0.2) is 4.79 Å². The summed E-state index contributed by atoms with van der Waals surface area (Å²) in [5, 5.41) is 3.68. The van der Waals surface area contributed by atoms with Crippen molar-refractivity contribution in [2.24, 2.45) is 5.92 Å². The standard InChI is InChI=1S/C20H18BrNO2/c1-24-20(23)13-7-10-18-17(11-13)15-3-2-4-16(15)19(22-18)12-5-8-14(21)9-6-12/h2-3,5-11,15-16,19,22H,4H2,1H3/t15-,16-,19+/m1/s1. The van der Waals surface area contributed by atoms with Crippen LogP contribution in [-0.4, -0.2) is 13.1 Å². The first-order valence-electron chi connectivity index (χ1n) is 8.08. The number of halogens is 1. The minimum Gasteiger partial charge on any atom is -0.465 e. The Bertz CT molecular complexity index is 813. The smallest absolute Gasteiger partial charge is 0.337 e. The fraction of sp³-hybridized carbons (Fsp3) is 0.250. The summed E-state index contributed by atoms with van der Waals surface area (Å²) >= 11 is 3.50. The van der Waals surface area contributed by atoms with Crippen LogP contribution in [0.25, 0.3) is 0 Å². The molecular formula is C20H18BrNO2. The third-order valence-corrected chi connectivity index (χ3v) is 5.54. The molecule has 0 amide bonds. The Hall–Kier alpha value is -2.07. The van der Waals surface area contributed by atoms with Crippen molar-refractivity contribution in [3.8, 4) is 0 Å². The van der Waals surface area contributed by atoms with Crippen LogP contribution >= 0.6 is 15.9 Å². The van der Waals surface area contributed by atoms with Crippen molar-refractivity contribution in [1.29, 1.82) is 0 Å². The summed E-state index contributed by atoms with van der Waals surface area (Å²) in [5.41, 5.74) is 4.19. The van der Waals surface area contributed by atoms with Crippen molar-refractivity contribution in [1.82, 2.24) is 0 Å². The molecule has 1 N–H and O–H groups in total. The molecule has 1 heterocycles. The Balaban J connectivity index is 1.74. The van der Waals surface area contributed by atoms with E-state index in [2.05, 4.69) is 57.7 Å². The number of ether oxygens (including phenoxy) is 1. The molecule has 0 saturated heterocycles. The molecule has 0 radical (unpaired) electrons. The Labute approximate surface area is 149 Å². The van der Waals surface area contributed by atoms with Gasteiger partial charge in [0.15, 0.2) is 0 Å². The van der Waals surface area contributed by atoms with Gasteiger partial charge >= 0.3 is 5.97 Å².